The van der Waals surface area contributed by atoms with Crippen molar-refractivity contribution in [1.82, 2.24) is 20.2 Å². The molecule has 0 spiro atoms. The predicted molar refractivity (Wildman–Crippen MR) is 183 cm³/mol. The topological polar surface area (TPSA) is 60.7 Å². The molecule has 1 heterocycles. The molecule has 228 valence electrons. The SMILES string of the molecule is O=C1CCCCCCC1Cc1ccc(-c2ccccc2)c(-c2nnnn2C(c2ccccc2)(c2ccccc2)c2ccccc2)c1. The molecule has 1 saturated carbocycles. The van der Waals surface area contributed by atoms with Gasteiger partial charge in [-0.1, -0.05) is 153 Å². The Balaban J connectivity index is 1.46. The number of hydrogen-bond acceptors (Lipinski definition) is 4. The van der Waals surface area contributed by atoms with Crippen molar-refractivity contribution in [3.8, 4) is 22.5 Å². The van der Waals surface area contributed by atoms with E-state index in [2.05, 4.69) is 120 Å². The van der Waals surface area contributed by atoms with E-state index < -0.39 is 5.54 Å². The minimum Gasteiger partial charge on any atom is -0.299 e. The predicted octanol–water partition coefficient (Wildman–Crippen LogP) is 8.93. The zero-order valence-corrected chi connectivity index (χ0v) is 26.0. The maximum absolute atomic E-state index is 13.2. The molecule has 0 bridgehead atoms. The molecule has 46 heavy (non-hydrogen) atoms. The Morgan fingerprint density at radius 2 is 1.20 bits per heavy atom. The molecule has 1 aliphatic carbocycles. The summed E-state index contributed by atoms with van der Waals surface area (Å²) >= 11 is 0. The van der Waals surface area contributed by atoms with Crippen LogP contribution in [0.25, 0.3) is 22.5 Å². The van der Waals surface area contributed by atoms with Crippen LogP contribution < -0.4 is 0 Å². The summed E-state index contributed by atoms with van der Waals surface area (Å²) in [6.45, 7) is 0. The van der Waals surface area contributed by atoms with Gasteiger partial charge in [-0.15, -0.1) is 5.10 Å². The minimum atomic E-state index is -0.859. The van der Waals surface area contributed by atoms with Crippen molar-refractivity contribution in [2.75, 3.05) is 0 Å². The lowest BCUT2D eigenvalue weighted by molar-refractivity contribution is -0.123. The lowest BCUT2D eigenvalue weighted by Crippen LogP contribution is -2.39. The summed E-state index contributed by atoms with van der Waals surface area (Å²) < 4.78 is 2.00. The van der Waals surface area contributed by atoms with E-state index in [9.17, 15) is 4.79 Å². The number of rotatable bonds is 8. The first-order chi connectivity index (χ1) is 22.7. The minimum absolute atomic E-state index is 0.0452. The second-order valence-corrected chi connectivity index (χ2v) is 12.3. The van der Waals surface area contributed by atoms with Crippen LogP contribution in [0.15, 0.2) is 140 Å². The normalized spacial score (nSPS) is 15.7. The molecule has 5 nitrogen and oxygen atoms in total. The summed E-state index contributed by atoms with van der Waals surface area (Å²) in [6, 6.07) is 48.5. The molecule has 0 aliphatic heterocycles. The van der Waals surface area contributed by atoms with Gasteiger partial charge in [0.1, 0.15) is 11.3 Å². The fourth-order valence-electron chi connectivity index (χ4n) is 7.17. The molecule has 0 N–H and O–H groups in total. The number of ketones is 1. The zero-order valence-electron chi connectivity index (χ0n) is 26.0. The Bertz CT molecular complexity index is 1790. The van der Waals surface area contributed by atoms with Gasteiger partial charge in [0, 0.05) is 17.9 Å². The molecule has 0 radical (unpaired) electrons. The van der Waals surface area contributed by atoms with E-state index in [1.54, 1.807) is 0 Å². The summed E-state index contributed by atoms with van der Waals surface area (Å²) in [6.07, 6.45) is 6.83. The van der Waals surface area contributed by atoms with Crippen molar-refractivity contribution in [3.05, 3.63) is 162 Å². The summed E-state index contributed by atoms with van der Waals surface area (Å²) in [5.41, 5.74) is 6.52. The standard InChI is InChI=1S/C41H38N4O/c46-39-26-16-2-1-7-19-33(39)29-31-27-28-37(32-17-8-3-9-18-32)38(30-31)40-42-43-44-45(40)41(34-20-10-4-11-21-34,35-22-12-5-13-23-35)36-24-14-6-15-25-36/h3-6,8-15,17-18,20-25,27-28,30,33H,1-2,7,16,19,26,29H2. The molecular weight excluding hydrogens is 564 g/mol. The maximum Gasteiger partial charge on any atom is 0.184 e. The Morgan fingerprint density at radius 3 is 1.80 bits per heavy atom. The molecule has 0 saturated heterocycles. The van der Waals surface area contributed by atoms with Crippen molar-refractivity contribution in [3.63, 3.8) is 0 Å². The Labute approximate surface area is 271 Å². The third-order valence-corrected chi connectivity index (χ3v) is 9.43. The van der Waals surface area contributed by atoms with Gasteiger partial charge in [0.2, 0.25) is 0 Å². The molecule has 7 rings (SSSR count). The fourth-order valence-corrected chi connectivity index (χ4v) is 7.17. The Morgan fingerprint density at radius 1 is 0.630 bits per heavy atom. The molecular formula is C41H38N4O. The van der Waals surface area contributed by atoms with Gasteiger partial charge in [-0.25, -0.2) is 4.68 Å². The van der Waals surface area contributed by atoms with Crippen molar-refractivity contribution in [1.29, 1.82) is 0 Å². The van der Waals surface area contributed by atoms with Gasteiger partial charge >= 0.3 is 0 Å². The number of hydrogen-bond donors (Lipinski definition) is 0. The average Bonchev–Trinajstić information content (AvgIpc) is 3.60. The molecule has 1 aliphatic rings. The maximum atomic E-state index is 13.2. The smallest absolute Gasteiger partial charge is 0.184 e. The van der Waals surface area contributed by atoms with E-state index in [0.29, 0.717) is 18.0 Å². The molecule has 5 aromatic carbocycles. The number of benzene rings is 5. The highest BCUT2D eigenvalue weighted by Crippen LogP contribution is 2.43. The number of carbonyl (C=O) groups is 1. The van der Waals surface area contributed by atoms with Gasteiger partial charge < -0.3 is 0 Å². The molecule has 1 atom stereocenters. The Hall–Kier alpha value is -5.16. The van der Waals surface area contributed by atoms with Crippen LogP contribution in [0.2, 0.25) is 0 Å². The highest BCUT2D eigenvalue weighted by atomic mass is 16.1. The van der Waals surface area contributed by atoms with Crippen LogP contribution in [0, 0.1) is 5.92 Å². The fraction of sp³-hybridized carbons (Fsp3) is 0.220. The lowest BCUT2D eigenvalue weighted by atomic mass is 9.76. The van der Waals surface area contributed by atoms with E-state index in [-0.39, 0.29) is 5.92 Å². The van der Waals surface area contributed by atoms with Gasteiger partial charge in [0.25, 0.3) is 0 Å². The molecule has 5 heteroatoms. The summed E-state index contributed by atoms with van der Waals surface area (Å²) in [5, 5.41) is 14.0. The molecule has 1 unspecified atom stereocenters. The number of carbonyl (C=O) groups excluding carboxylic acids is 1. The van der Waals surface area contributed by atoms with Crippen molar-refractivity contribution >= 4 is 5.78 Å². The summed E-state index contributed by atoms with van der Waals surface area (Å²) in [4.78, 5) is 13.2. The van der Waals surface area contributed by atoms with Crippen LogP contribution in [0.4, 0.5) is 0 Å². The second kappa shape index (κ2) is 13.5. The largest absolute Gasteiger partial charge is 0.299 e. The number of Topliss-reactive ketones (excluding diaryl/α,β-unsaturated/α-hetero) is 1. The average molecular weight is 603 g/mol. The first-order valence-corrected chi connectivity index (χ1v) is 16.4. The van der Waals surface area contributed by atoms with Crippen LogP contribution in [-0.4, -0.2) is 26.0 Å². The van der Waals surface area contributed by atoms with Gasteiger partial charge in [-0.3, -0.25) is 4.79 Å². The highest BCUT2D eigenvalue weighted by Gasteiger charge is 2.42. The summed E-state index contributed by atoms with van der Waals surface area (Å²) in [7, 11) is 0. The molecule has 1 fully saturated rings. The van der Waals surface area contributed by atoms with Crippen LogP contribution in [0.1, 0.15) is 60.8 Å². The van der Waals surface area contributed by atoms with Gasteiger partial charge in [-0.2, -0.15) is 0 Å². The monoisotopic (exact) mass is 602 g/mol. The van der Waals surface area contributed by atoms with Crippen LogP contribution in [0.5, 0.6) is 0 Å². The van der Waals surface area contributed by atoms with Crippen LogP contribution in [0.3, 0.4) is 0 Å². The van der Waals surface area contributed by atoms with Crippen LogP contribution in [-0.2, 0) is 16.8 Å². The first-order valence-electron chi connectivity index (χ1n) is 16.4. The quantitative estimate of drug-likeness (QED) is 0.163. The first kappa shape index (κ1) is 29.5. The number of aromatic nitrogens is 4. The molecule has 0 amide bonds. The summed E-state index contributed by atoms with van der Waals surface area (Å²) in [5.74, 6) is 1.11. The van der Waals surface area contributed by atoms with Crippen molar-refractivity contribution < 1.29 is 4.79 Å². The van der Waals surface area contributed by atoms with Crippen molar-refractivity contribution in [2.45, 2.75) is 50.5 Å². The highest BCUT2D eigenvalue weighted by molar-refractivity contribution is 5.83. The third-order valence-electron chi connectivity index (χ3n) is 9.43. The molecule has 1 aromatic heterocycles. The van der Waals surface area contributed by atoms with E-state index in [4.69, 9.17) is 10.3 Å². The van der Waals surface area contributed by atoms with Gasteiger partial charge in [-0.05, 0) is 69.1 Å². The number of nitrogens with zero attached hydrogens (tertiary/aromatic N) is 4. The van der Waals surface area contributed by atoms with Crippen molar-refractivity contribution in [2.24, 2.45) is 5.92 Å². The van der Waals surface area contributed by atoms with E-state index in [1.807, 2.05) is 28.9 Å². The lowest BCUT2D eigenvalue weighted by Gasteiger charge is -2.36. The van der Waals surface area contributed by atoms with Gasteiger partial charge in [0.15, 0.2) is 5.82 Å². The van der Waals surface area contributed by atoms with Crippen LogP contribution >= 0.6 is 0 Å². The third kappa shape index (κ3) is 5.69. The second-order valence-electron chi connectivity index (χ2n) is 12.3. The Kier molecular flexibility index (Phi) is 8.64. The van der Waals surface area contributed by atoms with Gasteiger partial charge in [0.05, 0.1) is 0 Å². The van der Waals surface area contributed by atoms with E-state index in [0.717, 1.165) is 71.0 Å². The zero-order chi connectivity index (χ0) is 31.2. The number of tetrazole rings is 1. The van der Waals surface area contributed by atoms with E-state index in [1.165, 1.54) is 6.42 Å². The molecule has 6 aromatic rings. The van der Waals surface area contributed by atoms with E-state index >= 15 is 0 Å².